The second kappa shape index (κ2) is 7.10. The summed E-state index contributed by atoms with van der Waals surface area (Å²) in [4.78, 5) is 30.0. The number of halogens is 3. The van der Waals surface area contributed by atoms with E-state index in [9.17, 15) is 22.8 Å². The molecule has 140 valence electrons. The lowest BCUT2D eigenvalue weighted by atomic mass is 10.1. The maximum Gasteiger partial charge on any atom is 0.416 e. The first kappa shape index (κ1) is 18.4. The number of imide groups is 1. The average molecular weight is 376 g/mol. The molecule has 2 heterocycles. The van der Waals surface area contributed by atoms with Crippen molar-refractivity contribution in [2.24, 2.45) is 5.73 Å². The Hall–Kier alpha value is -3.36. The fraction of sp³-hybridized carbons (Fsp3) is 0.167. The summed E-state index contributed by atoms with van der Waals surface area (Å²) in [6.07, 6.45) is -0.106. The number of nitrogens with two attached hydrogens (primary N) is 1. The van der Waals surface area contributed by atoms with Crippen molar-refractivity contribution in [1.82, 2.24) is 14.8 Å². The molecule has 0 unspecified atom stereocenters. The number of benzene rings is 1. The minimum atomic E-state index is -4.46. The van der Waals surface area contributed by atoms with Crippen LogP contribution in [-0.4, -0.2) is 33.3 Å². The van der Waals surface area contributed by atoms with Gasteiger partial charge in [0.25, 0.3) is 5.91 Å². The molecule has 0 atom stereocenters. The third-order valence-corrected chi connectivity index (χ3v) is 4.03. The molecule has 6 nitrogen and oxygen atoms in total. The quantitative estimate of drug-likeness (QED) is 0.893. The van der Waals surface area contributed by atoms with Crippen molar-refractivity contribution in [1.29, 1.82) is 0 Å². The molecule has 9 heteroatoms. The Bertz CT molecular complexity index is 897. The van der Waals surface area contributed by atoms with Gasteiger partial charge < -0.3 is 10.6 Å². The first-order valence-electron chi connectivity index (χ1n) is 7.90. The van der Waals surface area contributed by atoms with Gasteiger partial charge in [0.2, 0.25) is 0 Å². The molecule has 3 amide bonds. The predicted octanol–water partition coefficient (Wildman–Crippen LogP) is 2.82. The number of carbonyl (C=O) groups excluding carboxylic acids is 2. The van der Waals surface area contributed by atoms with Crippen LogP contribution in [0, 0.1) is 0 Å². The number of primary amides is 1. The molecule has 1 aromatic heterocycles. The maximum atomic E-state index is 12.9. The number of amides is 3. The predicted molar refractivity (Wildman–Crippen MR) is 90.5 cm³/mol. The number of rotatable bonds is 3. The van der Waals surface area contributed by atoms with E-state index in [0.29, 0.717) is 16.8 Å². The molecule has 3 rings (SSSR count). The molecule has 1 aliphatic rings. The van der Waals surface area contributed by atoms with Crippen LogP contribution in [0.4, 0.5) is 18.0 Å². The van der Waals surface area contributed by atoms with E-state index in [0.717, 1.165) is 17.0 Å². The molecule has 1 aromatic carbocycles. The van der Waals surface area contributed by atoms with Crippen LogP contribution in [0.2, 0.25) is 0 Å². The summed E-state index contributed by atoms with van der Waals surface area (Å²) in [5.41, 5.74) is 5.97. The number of hydrogen-bond acceptors (Lipinski definition) is 4. The molecule has 0 spiro atoms. The van der Waals surface area contributed by atoms with Crippen LogP contribution in [0.25, 0.3) is 5.70 Å². The summed E-state index contributed by atoms with van der Waals surface area (Å²) in [5, 5.41) is 0. The van der Waals surface area contributed by atoms with Crippen LogP contribution in [0.5, 0.6) is 0 Å². The van der Waals surface area contributed by atoms with Gasteiger partial charge in [0.1, 0.15) is 0 Å². The summed E-state index contributed by atoms with van der Waals surface area (Å²) >= 11 is 0. The van der Waals surface area contributed by atoms with Crippen molar-refractivity contribution < 1.29 is 22.8 Å². The second-order valence-electron chi connectivity index (χ2n) is 5.91. The van der Waals surface area contributed by atoms with Gasteiger partial charge in [-0.25, -0.2) is 9.69 Å². The van der Waals surface area contributed by atoms with Crippen molar-refractivity contribution in [2.45, 2.75) is 12.7 Å². The number of aromatic nitrogens is 1. The van der Waals surface area contributed by atoms with Crippen LogP contribution in [0.3, 0.4) is 0 Å². The van der Waals surface area contributed by atoms with E-state index in [2.05, 4.69) is 4.98 Å². The lowest BCUT2D eigenvalue weighted by Gasteiger charge is -2.33. The lowest BCUT2D eigenvalue weighted by Crippen LogP contribution is -2.46. The first-order valence-corrected chi connectivity index (χ1v) is 7.90. The van der Waals surface area contributed by atoms with Crippen LogP contribution >= 0.6 is 0 Å². The first-order chi connectivity index (χ1) is 12.8. The summed E-state index contributed by atoms with van der Waals surface area (Å²) in [7, 11) is 0. The topological polar surface area (TPSA) is 79.5 Å². The largest absolute Gasteiger partial charge is 0.416 e. The standard InChI is InChI=1S/C18H15F3N4O2/c19-18(20,21)14-3-1-2-12(8-14)9-24-11-16(26)25(17(22)27)10-15(24)13-4-6-23-7-5-13/h1-8,10H,9,11H2,(H2,22,27). The van der Waals surface area contributed by atoms with E-state index < -0.39 is 23.7 Å². The van der Waals surface area contributed by atoms with Gasteiger partial charge in [0, 0.05) is 30.7 Å². The molecule has 0 aliphatic carbocycles. The van der Waals surface area contributed by atoms with Crippen molar-refractivity contribution in [2.75, 3.05) is 6.54 Å². The zero-order valence-corrected chi connectivity index (χ0v) is 14.0. The van der Waals surface area contributed by atoms with E-state index >= 15 is 0 Å². The van der Waals surface area contributed by atoms with Gasteiger partial charge in [0.15, 0.2) is 0 Å². The fourth-order valence-electron chi connectivity index (χ4n) is 2.77. The van der Waals surface area contributed by atoms with Gasteiger partial charge in [0.05, 0.1) is 17.8 Å². The molecule has 0 fully saturated rings. The smallest absolute Gasteiger partial charge is 0.356 e. The summed E-state index contributed by atoms with van der Waals surface area (Å²) in [6.45, 7) is -0.149. The van der Waals surface area contributed by atoms with Crippen LogP contribution in [-0.2, 0) is 17.5 Å². The number of alkyl halides is 3. The third kappa shape index (κ3) is 4.08. The normalized spacial score (nSPS) is 14.9. The van der Waals surface area contributed by atoms with E-state index in [1.165, 1.54) is 24.7 Å². The van der Waals surface area contributed by atoms with Gasteiger partial charge in [-0.05, 0) is 29.8 Å². The minimum Gasteiger partial charge on any atom is -0.356 e. The van der Waals surface area contributed by atoms with Crippen molar-refractivity contribution in [3.63, 3.8) is 0 Å². The third-order valence-electron chi connectivity index (χ3n) is 4.03. The molecule has 0 saturated carbocycles. The monoisotopic (exact) mass is 376 g/mol. The SMILES string of the molecule is NC(=O)N1C=C(c2ccncc2)N(Cc2cccc(C(F)(F)F)c2)CC1=O. The Morgan fingerprint density at radius 1 is 1.19 bits per heavy atom. The fourth-order valence-corrected chi connectivity index (χ4v) is 2.77. The Labute approximate surface area is 152 Å². The molecule has 0 saturated heterocycles. The van der Waals surface area contributed by atoms with Gasteiger partial charge in [-0.2, -0.15) is 13.2 Å². The number of pyridine rings is 1. The molecular weight excluding hydrogens is 361 g/mol. The average Bonchev–Trinajstić information content (AvgIpc) is 2.62. The highest BCUT2D eigenvalue weighted by atomic mass is 19.4. The van der Waals surface area contributed by atoms with Crippen LogP contribution in [0.15, 0.2) is 55.0 Å². The highest BCUT2D eigenvalue weighted by molar-refractivity contribution is 5.99. The molecular formula is C18H15F3N4O2. The Kier molecular flexibility index (Phi) is 4.85. The van der Waals surface area contributed by atoms with E-state index in [-0.39, 0.29) is 13.1 Å². The molecule has 0 bridgehead atoms. The van der Waals surface area contributed by atoms with Crippen LogP contribution < -0.4 is 5.73 Å². The maximum absolute atomic E-state index is 12.9. The number of urea groups is 1. The highest BCUT2D eigenvalue weighted by Crippen LogP contribution is 2.31. The highest BCUT2D eigenvalue weighted by Gasteiger charge is 2.32. The zero-order chi connectivity index (χ0) is 19.6. The van der Waals surface area contributed by atoms with Gasteiger partial charge in [-0.3, -0.25) is 9.78 Å². The zero-order valence-electron chi connectivity index (χ0n) is 14.0. The Morgan fingerprint density at radius 3 is 2.52 bits per heavy atom. The summed E-state index contributed by atoms with van der Waals surface area (Å²) in [6, 6.07) is 7.29. The molecule has 27 heavy (non-hydrogen) atoms. The van der Waals surface area contributed by atoms with Crippen molar-refractivity contribution >= 4 is 17.6 Å². The molecule has 2 N–H and O–H groups in total. The number of carbonyl (C=O) groups is 2. The summed E-state index contributed by atoms with van der Waals surface area (Å²) in [5.74, 6) is -0.563. The Morgan fingerprint density at radius 2 is 1.89 bits per heavy atom. The molecule has 2 aromatic rings. The number of hydrogen-bond donors (Lipinski definition) is 1. The van der Waals surface area contributed by atoms with Crippen molar-refractivity contribution in [3.8, 4) is 0 Å². The Balaban J connectivity index is 1.97. The van der Waals surface area contributed by atoms with Crippen LogP contribution in [0.1, 0.15) is 16.7 Å². The van der Waals surface area contributed by atoms with Gasteiger partial charge in [-0.15, -0.1) is 0 Å². The molecule has 1 aliphatic heterocycles. The van der Waals surface area contributed by atoms with Crippen molar-refractivity contribution in [3.05, 3.63) is 71.7 Å². The number of nitrogens with zero attached hydrogens (tertiary/aromatic N) is 3. The second-order valence-corrected chi connectivity index (χ2v) is 5.91. The van der Waals surface area contributed by atoms with Gasteiger partial charge >= 0.3 is 12.2 Å². The summed E-state index contributed by atoms with van der Waals surface area (Å²) < 4.78 is 38.8. The lowest BCUT2D eigenvalue weighted by molar-refractivity contribution is -0.137. The minimum absolute atomic E-state index is 0.0520. The molecule has 0 radical (unpaired) electrons. The van der Waals surface area contributed by atoms with E-state index in [1.807, 2.05) is 0 Å². The van der Waals surface area contributed by atoms with E-state index in [4.69, 9.17) is 5.73 Å². The van der Waals surface area contributed by atoms with Gasteiger partial charge in [-0.1, -0.05) is 12.1 Å². The van der Waals surface area contributed by atoms with E-state index in [1.54, 1.807) is 23.1 Å².